The van der Waals surface area contributed by atoms with E-state index in [1.54, 1.807) is 0 Å². The molecule has 1 nitrogen and oxygen atoms in total. The van der Waals surface area contributed by atoms with Crippen molar-refractivity contribution in [3.05, 3.63) is 163 Å². The van der Waals surface area contributed by atoms with E-state index in [-0.39, 0.29) is 6.04 Å². The lowest BCUT2D eigenvalue weighted by atomic mass is 9.95. The molecular weight excluding hydrogens is 494 g/mol. The van der Waals surface area contributed by atoms with Crippen molar-refractivity contribution in [3.8, 4) is 22.4 Å². The Morgan fingerprint density at radius 1 is 0.463 bits per heavy atom. The zero-order chi connectivity index (χ0) is 27.2. The molecular formula is C40H29N. The first-order valence-electron chi connectivity index (χ1n) is 14.4. The van der Waals surface area contributed by atoms with Gasteiger partial charge in [0.1, 0.15) is 0 Å². The highest BCUT2D eigenvalue weighted by atomic mass is 15.0. The molecule has 0 saturated heterocycles. The summed E-state index contributed by atoms with van der Waals surface area (Å²) in [5, 5.41) is 6.38. The summed E-state index contributed by atoms with van der Waals surface area (Å²) in [4.78, 5) is 0. The second-order valence-corrected chi connectivity index (χ2v) is 11.0. The molecule has 1 aliphatic carbocycles. The van der Waals surface area contributed by atoms with Crippen molar-refractivity contribution < 1.29 is 0 Å². The Morgan fingerprint density at radius 2 is 1.05 bits per heavy atom. The molecule has 1 unspecified atom stereocenters. The topological polar surface area (TPSA) is 4.93 Å². The van der Waals surface area contributed by atoms with Gasteiger partial charge >= 0.3 is 0 Å². The number of hydrogen-bond acceptors (Lipinski definition) is 0. The zero-order valence-electron chi connectivity index (χ0n) is 22.7. The fourth-order valence-corrected chi connectivity index (χ4v) is 6.36. The highest BCUT2D eigenvalue weighted by molar-refractivity contribution is 5.93. The molecule has 1 aliphatic rings. The molecule has 7 aromatic rings. The minimum absolute atomic E-state index is 0.249. The molecule has 0 fully saturated rings. The lowest BCUT2D eigenvalue weighted by Crippen LogP contribution is -2.09. The summed E-state index contributed by atoms with van der Waals surface area (Å²) < 4.78 is 2.53. The van der Waals surface area contributed by atoms with E-state index >= 15 is 0 Å². The monoisotopic (exact) mass is 523 g/mol. The first-order chi connectivity index (χ1) is 20.3. The van der Waals surface area contributed by atoms with Gasteiger partial charge in [-0.3, -0.25) is 0 Å². The standard InChI is InChI=1S/C40H29N/c1-2-10-31(11-3-1)40-27-37-26-36(35-17-15-29-9-5-7-13-33(29)25-35)20-23-39(37)41(40)38-21-18-30(19-22-38)34-16-14-28-8-4-6-12-32(28)24-34/h1-21,23-27,38H,22H2. The van der Waals surface area contributed by atoms with Gasteiger partial charge in [0.25, 0.3) is 0 Å². The van der Waals surface area contributed by atoms with Crippen molar-refractivity contribution >= 4 is 38.0 Å². The van der Waals surface area contributed by atoms with Gasteiger partial charge in [-0.05, 0) is 86.1 Å². The van der Waals surface area contributed by atoms with E-state index in [4.69, 9.17) is 0 Å². The highest BCUT2D eigenvalue weighted by Gasteiger charge is 2.19. The van der Waals surface area contributed by atoms with E-state index < -0.39 is 0 Å². The smallest absolute Gasteiger partial charge is 0.0560 e. The van der Waals surface area contributed by atoms with Gasteiger partial charge < -0.3 is 4.57 Å². The first-order valence-corrected chi connectivity index (χ1v) is 14.4. The minimum atomic E-state index is 0.249. The van der Waals surface area contributed by atoms with Gasteiger partial charge in [0, 0.05) is 16.6 Å². The average molecular weight is 524 g/mol. The van der Waals surface area contributed by atoms with Crippen molar-refractivity contribution in [2.45, 2.75) is 12.5 Å². The van der Waals surface area contributed by atoms with Gasteiger partial charge in [0.15, 0.2) is 0 Å². The van der Waals surface area contributed by atoms with E-state index in [2.05, 4.69) is 162 Å². The second kappa shape index (κ2) is 9.80. The van der Waals surface area contributed by atoms with Gasteiger partial charge in [-0.25, -0.2) is 0 Å². The van der Waals surface area contributed by atoms with Crippen LogP contribution in [0.15, 0.2) is 158 Å². The van der Waals surface area contributed by atoms with E-state index in [1.165, 1.54) is 66.0 Å². The maximum absolute atomic E-state index is 2.53. The van der Waals surface area contributed by atoms with E-state index in [9.17, 15) is 0 Å². The molecule has 194 valence electrons. The summed E-state index contributed by atoms with van der Waals surface area (Å²) in [7, 11) is 0. The van der Waals surface area contributed by atoms with Crippen LogP contribution < -0.4 is 0 Å². The van der Waals surface area contributed by atoms with Gasteiger partial charge in [0.05, 0.1) is 6.04 Å². The van der Waals surface area contributed by atoms with Crippen LogP contribution in [0.1, 0.15) is 18.0 Å². The number of hydrogen-bond donors (Lipinski definition) is 0. The van der Waals surface area contributed by atoms with Crippen LogP contribution in [0.2, 0.25) is 0 Å². The van der Waals surface area contributed by atoms with Gasteiger partial charge in [-0.1, -0.05) is 127 Å². The normalized spacial score (nSPS) is 15.0. The SMILES string of the molecule is C1=CC(n2c(-c3ccccc3)cc3cc(-c4ccc5ccccc5c4)ccc32)CC=C1c1ccc2ccccc2c1. The number of fused-ring (bicyclic) bond motifs is 3. The number of allylic oxidation sites excluding steroid dienone is 4. The average Bonchev–Trinajstić information content (AvgIpc) is 3.44. The predicted molar refractivity (Wildman–Crippen MR) is 175 cm³/mol. The van der Waals surface area contributed by atoms with Crippen molar-refractivity contribution in [3.63, 3.8) is 0 Å². The van der Waals surface area contributed by atoms with Crippen molar-refractivity contribution in [1.82, 2.24) is 4.57 Å². The number of aromatic nitrogens is 1. The number of benzene rings is 6. The molecule has 0 amide bonds. The summed E-state index contributed by atoms with van der Waals surface area (Å²) in [6.45, 7) is 0. The maximum atomic E-state index is 2.53. The predicted octanol–water partition coefficient (Wildman–Crippen LogP) is 10.9. The summed E-state index contributed by atoms with van der Waals surface area (Å²) in [6, 6.07) is 51.0. The first kappa shape index (κ1) is 23.7. The van der Waals surface area contributed by atoms with Crippen molar-refractivity contribution in [2.75, 3.05) is 0 Å². The van der Waals surface area contributed by atoms with Crippen LogP contribution in [0, 0.1) is 0 Å². The third kappa shape index (κ3) is 4.27. The molecule has 1 aromatic heterocycles. The Labute approximate surface area is 240 Å². The highest BCUT2D eigenvalue weighted by Crippen LogP contribution is 2.38. The molecule has 0 bridgehead atoms. The minimum Gasteiger partial charge on any atom is -0.333 e. The Kier molecular flexibility index (Phi) is 5.67. The Bertz CT molecular complexity index is 2120. The largest absolute Gasteiger partial charge is 0.333 e. The van der Waals surface area contributed by atoms with Crippen molar-refractivity contribution in [1.29, 1.82) is 0 Å². The van der Waals surface area contributed by atoms with Gasteiger partial charge in [0.2, 0.25) is 0 Å². The Hall–Kier alpha value is -5.14. The van der Waals surface area contributed by atoms with Crippen LogP contribution >= 0.6 is 0 Å². The molecule has 0 aliphatic heterocycles. The summed E-state index contributed by atoms with van der Waals surface area (Å²) >= 11 is 0. The second-order valence-electron chi connectivity index (χ2n) is 11.0. The third-order valence-electron chi connectivity index (χ3n) is 8.48. The fourth-order valence-electron chi connectivity index (χ4n) is 6.36. The molecule has 1 heterocycles. The maximum Gasteiger partial charge on any atom is 0.0560 e. The fraction of sp³-hybridized carbons (Fsp3) is 0.0500. The van der Waals surface area contributed by atoms with Gasteiger partial charge in [-0.15, -0.1) is 0 Å². The lowest BCUT2D eigenvalue weighted by molar-refractivity contribution is 0.636. The Morgan fingerprint density at radius 3 is 1.73 bits per heavy atom. The summed E-state index contributed by atoms with van der Waals surface area (Å²) in [6.07, 6.45) is 8.05. The molecule has 0 radical (unpaired) electrons. The molecule has 0 N–H and O–H groups in total. The third-order valence-corrected chi connectivity index (χ3v) is 8.48. The van der Waals surface area contributed by atoms with E-state index in [1.807, 2.05) is 0 Å². The van der Waals surface area contributed by atoms with Gasteiger partial charge in [-0.2, -0.15) is 0 Å². The summed E-state index contributed by atoms with van der Waals surface area (Å²) in [5.74, 6) is 0. The van der Waals surface area contributed by atoms with Crippen LogP contribution in [0.5, 0.6) is 0 Å². The molecule has 41 heavy (non-hydrogen) atoms. The zero-order valence-corrected chi connectivity index (χ0v) is 22.7. The van der Waals surface area contributed by atoms with Crippen LogP contribution in [-0.4, -0.2) is 4.57 Å². The quantitative estimate of drug-likeness (QED) is 0.216. The number of rotatable bonds is 4. The van der Waals surface area contributed by atoms with E-state index in [0.29, 0.717) is 0 Å². The molecule has 0 saturated carbocycles. The number of nitrogens with zero attached hydrogens (tertiary/aromatic N) is 1. The lowest BCUT2D eigenvalue weighted by Gasteiger charge is -2.22. The molecule has 0 spiro atoms. The van der Waals surface area contributed by atoms with Crippen LogP contribution in [0.4, 0.5) is 0 Å². The van der Waals surface area contributed by atoms with Crippen molar-refractivity contribution in [2.24, 2.45) is 0 Å². The molecule has 6 aromatic carbocycles. The van der Waals surface area contributed by atoms with Crippen LogP contribution in [0.25, 0.3) is 60.4 Å². The molecule has 1 atom stereocenters. The molecule has 8 rings (SSSR count). The van der Waals surface area contributed by atoms with Crippen LogP contribution in [0.3, 0.4) is 0 Å². The molecule has 1 heteroatoms. The summed E-state index contributed by atoms with van der Waals surface area (Å²) in [5.41, 5.74) is 8.84. The Balaban J connectivity index is 1.19. The van der Waals surface area contributed by atoms with E-state index in [0.717, 1.165) is 6.42 Å². The van der Waals surface area contributed by atoms with Crippen LogP contribution in [-0.2, 0) is 0 Å².